The number of unbranched alkanes of at least 4 members (excludes halogenated alkanes) is 1. The Morgan fingerprint density at radius 3 is 1.98 bits per heavy atom. The van der Waals surface area contributed by atoms with Gasteiger partial charge in [0.1, 0.15) is 0 Å². The number of allylic oxidation sites excluding steroid dienone is 16. The summed E-state index contributed by atoms with van der Waals surface area (Å²) in [6, 6.07) is 34.8. The van der Waals surface area contributed by atoms with Crippen molar-refractivity contribution in [1.82, 2.24) is 15.0 Å². The number of benzene rings is 4. The second kappa shape index (κ2) is 21.2. The maximum atomic E-state index is 5.05. The van der Waals surface area contributed by atoms with Gasteiger partial charge < -0.3 is 0 Å². The van der Waals surface area contributed by atoms with E-state index in [9.17, 15) is 0 Å². The SMILES string of the molecule is C=C/C(=C\CCC)c1cc(/C=C/C(=C\C=C/C)c2nc(C3=CCCC=C3)nc(-c3ccccc3)n2)cc(-c2cccc(-c3ccc(C4=CCCC=C4)cc3)c2)c1.CC. The summed E-state index contributed by atoms with van der Waals surface area (Å²) in [4.78, 5) is 15.0. The van der Waals surface area contributed by atoms with Gasteiger partial charge in [0.15, 0.2) is 17.5 Å². The van der Waals surface area contributed by atoms with Crippen LogP contribution in [0.5, 0.6) is 0 Å². The number of rotatable bonds is 13. The molecule has 3 nitrogen and oxygen atoms in total. The summed E-state index contributed by atoms with van der Waals surface area (Å²) in [6.45, 7) is 12.4. The van der Waals surface area contributed by atoms with Crippen LogP contribution < -0.4 is 0 Å². The first-order valence-electron chi connectivity index (χ1n) is 20.9. The van der Waals surface area contributed by atoms with Gasteiger partial charge in [0.05, 0.1) is 0 Å². The Hall–Kier alpha value is -6.45. The van der Waals surface area contributed by atoms with Crippen molar-refractivity contribution in [2.75, 3.05) is 0 Å². The molecular weight excluding hydrogens is 703 g/mol. The van der Waals surface area contributed by atoms with Crippen LogP contribution in [-0.4, -0.2) is 15.0 Å². The number of aromatic nitrogens is 3. The zero-order chi connectivity index (χ0) is 40.5. The summed E-state index contributed by atoms with van der Waals surface area (Å²) >= 11 is 0. The topological polar surface area (TPSA) is 38.7 Å². The van der Waals surface area contributed by atoms with Crippen LogP contribution in [0.2, 0.25) is 0 Å². The molecule has 0 aliphatic heterocycles. The lowest BCUT2D eigenvalue weighted by Gasteiger charge is -2.12. The minimum atomic E-state index is 0.628. The average molecular weight is 758 g/mol. The Kier molecular flexibility index (Phi) is 15.0. The molecule has 0 N–H and O–H groups in total. The molecule has 0 atom stereocenters. The van der Waals surface area contributed by atoms with Crippen molar-refractivity contribution in [3.63, 3.8) is 0 Å². The van der Waals surface area contributed by atoms with E-state index in [2.05, 4.69) is 141 Å². The Bertz CT molecular complexity index is 2430. The third-order valence-electron chi connectivity index (χ3n) is 10.0. The van der Waals surface area contributed by atoms with Crippen molar-refractivity contribution in [1.29, 1.82) is 0 Å². The van der Waals surface area contributed by atoms with E-state index in [4.69, 9.17) is 15.0 Å². The number of nitrogens with zero attached hydrogens (tertiary/aromatic N) is 3. The molecule has 1 heterocycles. The molecule has 0 saturated carbocycles. The van der Waals surface area contributed by atoms with Crippen LogP contribution >= 0.6 is 0 Å². The monoisotopic (exact) mass is 757 g/mol. The second-order valence-corrected chi connectivity index (χ2v) is 14.1. The second-order valence-electron chi connectivity index (χ2n) is 14.1. The first-order chi connectivity index (χ1) is 28.6. The van der Waals surface area contributed by atoms with Gasteiger partial charge in [0.2, 0.25) is 0 Å². The van der Waals surface area contributed by atoms with E-state index in [1.165, 1.54) is 22.3 Å². The fourth-order valence-corrected chi connectivity index (χ4v) is 6.98. The molecule has 0 fully saturated rings. The van der Waals surface area contributed by atoms with E-state index in [-0.39, 0.29) is 0 Å². The predicted molar refractivity (Wildman–Crippen MR) is 252 cm³/mol. The standard InChI is InChI=1S/C53H49N3.C2H6/c1-4-7-19-40(6-3)49-35-39(36-50(38-49)48-28-18-27-47(37-48)43-33-31-42(32-34-43)41-21-12-9-13-22-41)29-30-46(20-8-5-2)53-55-51(44-23-14-10-15-24-44)54-52(56-53)45-25-16-11-17-26-45;1-2/h5-6,8,10,12,14-16,18-38H,3-4,7,9,11,13,17H2,1-2H3;1-2H3/b8-5-,30-29+,40-19+,46-20+;. The lowest BCUT2D eigenvalue weighted by Crippen LogP contribution is -2.05. The van der Waals surface area contributed by atoms with Crippen molar-refractivity contribution in [3.8, 4) is 33.6 Å². The van der Waals surface area contributed by atoms with Crippen molar-refractivity contribution in [2.45, 2.75) is 66.2 Å². The third-order valence-corrected chi connectivity index (χ3v) is 10.0. The fraction of sp³-hybridized carbons (Fsp3) is 0.182. The summed E-state index contributed by atoms with van der Waals surface area (Å²) in [6.07, 6.45) is 34.3. The van der Waals surface area contributed by atoms with Gasteiger partial charge in [-0.1, -0.05) is 186 Å². The van der Waals surface area contributed by atoms with Crippen LogP contribution in [0.3, 0.4) is 0 Å². The highest BCUT2D eigenvalue weighted by Crippen LogP contribution is 2.33. The van der Waals surface area contributed by atoms with E-state index in [0.717, 1.165) is 83.1 Å². The number of hydrogen-bond donors (Lipinski definition) is 0. The molecule has 2 aliphatic rings. The molecule has 1 aromatic heterocycles. The summed E-state index contributed by atoms with van der Waals surface area (Å²) in [5, 5.41) is 0. The van der Waals surface area contributed by atoms with Crippen LogP contribution in [0.15, 0.2) is 177 Å². The third kappa shape index (κ3) is 10.7. The average Bonchev–Trinajstić information content (AvgIpc) is 3.30. The van der Waals surface area contributed by atoms with E-state index < -0.39 is 0 Å². The van der Waals surface area contributed by atoms with Crippen molar-refractivity contribution < 1.29 is 0 Å². The Morgan fingerprint density at radius 2 is 1.31 bits per heavy atom. The molecule has 7 rings (SSSR count). The van der Waals surface area contributed by atoms with Gasteiger partial charge in [-0.2, -0.15) is 0 Å². The molecule has 5 aromatic rings. The highest BCUT2D eigenvalue weighted by molar-refractivity contribution is 5.84. The van der Waals surface area contributed by atoms with E-state index in [1.807, 2.05) is 69.3 Å². The highest BCUT2D eigenvalue weighted by atomic mass is 15.0. The van der Waals surface area contributed by atoms with Crippen LogP contribution in [0.25, 0.3) is 62.0 Å². The smallest absolute Gasteiger partial charge is 0.164 e. The van der Waals surface area contributed by atoms with Crippen molar-refractivity contribution in [3.05, 3.63) is 205 Å². The van der Waals surface area contributed by atoms with Gasteiger partial charge in [-0.25, -0.2) is 15.0 Å². The molecular formula is C55H55N3. The fourth-order valence-electron chi connectivity index (χ4n) is 6.98. The maximum absolute atomic E-state index is 5.05. The minimum absolute atomic E-state index is 0.628. The van der Waals surface area contributed by atoms with E-state index in [0.29, 0.717) is 17.5 Å². The van der Waals surface area contributed by atoms with E-state index >= 15 is 0 Å². The van der Waals surface area contributed by atoms with Crippen LogP contribution in [0.1, 0.15) is 94.6 Å². The summed E-state index contributed by atoms with van der Waals surface area (Å²) < 4.78 is 0. The Labute approximate surface area is 346 Å². The summed E-state index contributed by atoms with van der Waals surface area (Å²) in [5.41, 5.74) is 13.5. The normalized spacial score (nSPS) is 14.3. The van der Waals surface area contributed by atoms with Crippen molar-refractivity contribution in [2.24, 2.45) is 0 Å². The lowest BCUT2D eigenvalue weighted by atomic mass is 9.92. The zero-order valence-electron chi connectivity index (χ0n) is 34.5. The maximum Gasteiger partial charge on any atom is 0.164 e. The summed E-state index contributed by atoms with van der Waals surface area (Å²) in [5.74, 6) is 1.97. The molecule has 2 aliphatic carbocycles. The number of hydrogen-bond acceptors (Lipinski definition) is 3. The first kappa shape index (κ1) is 41.2. The minimum Gasteiger partial charge on any atom is -0.208 e. The van der Waals surface area contributed by atoms with Gasteiger partial charge >= 0.3 is 0 Å². The molecule has 0 amide bonds. The quantitative estimate of drug-likeness (QED) is 0.112. The van der Waals surface area contributed by atoms with Crippen molar-refractivity contribution >= 4 is 28.4 Å². The Balaban J connectivity index is 0.00000279. The molecule has 0 unspecified atom stereocenters. The van der Waals surface area contributed by atoms with Gasteiger partial charge in [0.25, 0.3) is 0 Å². The largest absolute Gasteiger partial charge is 0.208 e. The van der Waals surface area contributed by atoms with Crippen LogP contribution in [-0.2, 0) is 0 Å². The van der Waals surface area contributed by atoms with Crippen LogP contribution in [0, 0.1) is 0 Å². The van der Waals surface area contributed by atoms with Gasteiger partial charge in [-0.05, 0) is 113 Å². The lowest BCUT2D eigenvalue weighted by molar-refractivity contribution is 0.960. The molecule has 0 bridgehead atoms. The molecule has 4 aromatic carbocycles. The molecule has 0 spiro atoms. The van der Waals surface area contributed by atoms with Gasteiger partial charge in [-0.15, -0.1) is 0 Å². The molecule has 290 valence electrons. The molecule has 58 heavy (non-hydrogen) atoms. The molecule has 3 heteroatoms. The van der Waals surface area contributed by atoms with E-state index in [1.54, 1.807) is 0 Å². The molecule has 0 radical (unpaired) electrons. The van der Waals surface area contributed by atoms with Gasteiger partial charge in [-0.3, -0.25) is 0 Å². The highest BCUT2D eigenvalue weighted by Gasteiger charge is 2.14. The zero-order valence-corrected chi connectivity index (χ0v) is 34.5. The first-order valence-corrected chi connectivity index (χ1v) is 20.9. The van der Waals surface area contributed by atoms with Crippen LogP contribution in [0.4, 0.5) is 0 Å². The predicted octanol–water partition coefficient (Wildman–Crippen LogP) is 15.4. The Morgan fingerprint density at radius 1 is 0.638 bits per heavy atom. The summed E-state index contributed by atoms with van der Waals surface area (Å²) in [7, 11) is 0. The molecule has 0 saturated heterocycles. The van der Waals surface area contributed by atoms with Gasteiger partial charge in [0, 0.05) is 16.7 Å².